The summed E-state index contributed by atoms with van der Waals surface area (Å²) in [4.78, 5) is 12.0. The number of rotatable bonds is 7. The monoisotopic (exact) mass is 296 g/mol. The molecule has 0 atom stereocenters. The first-order chi connectivity index (χ1) is 10.7. The second-order valence-corrected chi connectivity index (χ2v) is 5.40. The van der Waals surface area contributed by atoms with Crippen molar-refractivity contribution in [2.24, 2.45) is 0 Å². The summed E-state index contributed by atoms with van der Waals surface area (Å²) in [6.45, 7) is 2.20. The van der Waals surface area contributed by atoms with Crippen molar-refractivity contribution in [3.63, 3.8) is 0 Å². The van der Waals surface area contributed by atoms with Gasteiger partial charge in [-0.1, -0.05) is 50.1 Å². The van der Waals surface area contributed by atoms with Crippen LogP contribution < -0.4 is 0 Å². The molecule has 0 saturated carbocycles. The van der Waals surface area contributed by atoms with Crippen LogP contribution in [0.5, 0.6) is 0 Å². The number of ketones is 1. The molecule has 114 valence electrons. The first-order valence-corrected chi connectivity index (χ1v) is 7.76. The summed E-state index contributed by atoms with van der Waals surface area (Å²) < 4.78 is 12.8. The van der Waals surface area contributed by atoms with E-state index in [4.69, 9.17) is 0 Å². The average Bonchev–Trinajstić information content (AvgIpc) is 2.55. The number of halogens is 1. The van der Waals surface area contributed by atoms with Crippen LogP contribution in [0.2, 0.25) is 0 Å². The topological polar surface area (TPSA) is 17.1 Å². The summed E-state index contributed by atoms with van der Waals surface area (Å²) in [5.74, 6) is -0.453. The van der Waals surface area contributed by atoms with Gasteiger partial charge >= 0.3 is 0 Å². The van der Waals surface area contributed by atoms with Gasteiger partial charge in [-0.05, 0) is 54.3 Å². The molecule has 22 heavy (non-hydrogen) atoms. The Morgan fingerprint density at radius 1 is 1.00 bits per heavy atom. The van der Waals surface area contributed by atoms with Crippen LogP contribution in [-0.2, 0) is 6.42 Å². The van der Waals surface area contributed by atoms with Crippen molar-refractivity contribution in [1.29, 1.82) is 0 Å². The van der Waals surface area contributed by atoms with E-state index in [1.54, 1.807) is 6.08 Å². The maximum Gasteiger partial charge on any atom is 0.185 e. The van der Waals surface area contributed by atoms with Gasteiger partial charge in [-0.15, -0.1) is 0 Å². The molecule has 0 N–H and O–H groups in total. The highest BCUT2D eigenvalue weighted by Crippen LogP contribution is 2.11. The minimum absolute atomic E-state index is 0.118. The lowest BCUT2D eigenvalue weighted by Crippen LogP contribution is -1.93. The number of carbonyl (C=O) groups excluding carboxylic acids is 1. The number of hydrogen-bond donors (Lipinski definition) is 0. The van der Waals surface area contributed by atoms with Crippen molar-refractivity contribution in [3.8, 4) is 0 Å². The van der Waals surface area contributed by atoms with Crippen LogP contribution in [0.3, 0.4) is 0 Å². The van der Waals surface area contributed by atoms with Crippen molar-refractivity contribution in [1.82, 2.24) is 0 Å². The minimum atomic E-state index is -0.334. The Kier molecular flexibility index (Phi) is 6.08. The van der Waals surface area contributed by atoms with Gasteiger partial charge in [0.1, 0.15) is 5.82 Å². The zero-order chi connectivity index (χ0) is 15.8. The minimum Gasteiger partial charge on any atom is -0.289 e. The Balaban J connectivity index is 1.95. The van der Waals surface area contributed by atoms with Gasteiger partial charge in [0, 0.05) is 5.56 Å². The van der Waals surface area contributed by atoms with Gasteiger partial charge in [0.15, 0.2) is 5.78 Å². The molecule has 0 saturated heterocycles. The van der Waals surface area contributed by atoms with Crippen LogP contribution in [0.1, 0.15) is 47.7 Å². The predicted molar refractivity (Wildman–Crippen MR) is 89.4 cm³/mol. The molecule has 0 radical (unpaired) electrons. The van der Waals surface area contributed by atoms with Gasteiger partial charge in [0.05, 0.1) is 0 Å². The van der Waals surface area contributed by atoms with E-state index in [-0.39, 0.29) is 11.6 Å². The fourth-order valence-electron chi connectivity index (χ4n) is 2.26. The standard InChI is InChI=1S/C20H21FO/c1-2-3-4-5-16-6-8-17(9-7-16)10-15-20(22)18-11-13-19(21)14-12-18/h6-15H,2-5H2,1H3. The van der Waals surface area contributed by atoms with E-state index in [0.29, 0.717) is 5.56 Å². The van der Waals surface area contributed by atoms with E-state index < -0.39 is 0 Å². The molecule has 0 fully saturated rings. The van der Waals surface area contributed by atoms with E-state index in [9.17, 15) is 9.18 Å². The van der Waals surface area contributed by atoms with Crippen molar-refractivity contribution < 1.29 is 9.18 Å². The second kappa shape index (κ2) is 8.28. The Morgan fingerprint density at radius 3 is 2.32 bits per heavy atom. The molecule has 0 spiro atoms. The lowest BCUT2D eigenvalue weighted by Gasteiger charge is -2.01. The Labute approximate surface area is 131 Å². The normalized spacial score (nSPS) is 11.0. The molecule has 0 aliphatic rings. The highest BCUT2D eigenvalue weighted by Gasteiger charge is 2.01. The van der Waals surface area contributed by atoms with Crippen LogP contribution in [0, 0.1) is 5.82 Å². The quantitative estimate of drug-likeness (QED) is 0.377. The molecule has 1 nitrogen and oxygen atoms in total. The van der Waals surface area contributed by atoms with Gasteiger partial charge in [0.25, 0.3) is 0 Å². The van der Waals surface area contributed by atoms with Gasteiger partial charge in [-0.3, -0.25) is 4.79 Å². The predicted octanol–water partition coefficient (Wildman–Crippen LogP) is 5.45. The molecular formula is C20H21FO. The summed E-state index contributed by atoms with van der Waals surface area (Å²) in [6.07, 6.45) is 8.13. The van der Waals surface area contributed by atoms with Crippen molar-refractivity contribution >= 4 is 11.9 Å². The van der Waals surface area contributed by atoms with Crippen LogP contribution >= 0.6 is 0 Å². The third kappa shape index (κ3) is 4.96. The molecule has 0 heterocycles. The average molecular weight is 296 g/mol. The molecule has 0 unspecified atom stereocenters. The summed E-state index contributed by atoms with van der Waals surface area (Å²) >= 11 is 0. The second-order valence-electron chi connectivity index (χ2n) is 5.40. The number of aryl methyl sites for hydroxylation is 1. The summed E-state index contributed by atoms with van der Waals surface area (Å²) in [5, 5.41) is 0. The lowest BCUT2D eigenvalue weighted by molar-refractivity contribution is 0.104. The summed E-state index contributed by atoms with van der Waals surface area (Å²) in [5.41, 5.74) is 2.82. The van der Waals surface area contributed by atoms with E-state index in [1.165, 1.54) is 55.2 Å². The number of carbonyl (C=O) groups is 1. The molecule has 0 bridgehead atoms. The highest BCUT2D eigenvalue weighted by atomic mass is 19.1. The number of hydrogen-bond acceptors (Lipinski definition) is 1. The lowest BCUT2D eigenvalue weighted by atomic mass is 10.0. The van der Waals surface area contributed by atoms with Gasteiger partial charge in [-0.25, -0.2) is 4.39 Å². The van der Waals surface area contributed by atoms with E-state index in [0.717, 1.165) is 12.0 Å². The first-order valence-electron chi connectivity index (χ1n) is 7.76. The molecule has 2 aromatic rings. The molecule has 0 amide bonds. The Morgan fingerprint density at radius 2 is 1.68 bits per heavy atom. The maximum atomic E-state index is 12.8. The van der Waals surface area contributed by atoms with Crippen LogP contribution in [-0.4, -0.2) is 5.78 Å². The van der Waals surface area contributed by atoms with Crippen molar-refractivity contribution in [2.75, 3.05) is 0 Å². The Hall–Kier alpha value is -2.22. The Bertz CT molecular complexity index is 624. The van der Waals surface area contributed by atoms with Gasteiger partial charge < -0.3 is 0 Å². The molecule has 0 aliphatic heterocycles. The summed E-state index contributed by atoms with van der Waals surface area (Å²) in [6, 6.07) is 13.9. The molecule has 0 aromatic heterocycles. The van der Waals surface area contributed by atoms with Crippen LogP contribution in [0.15, 0.2) is 54.6 Å². The SMILES string of the molecule is CCCCCc1ccc(C=CC(=O)c2ccc(F)cc2)cc1. The summed E-state index contributed by atoms with van der Waals surface area (Å²) in [7, 11) is 0. The molecule has 2 aromatic carbocycles. The van der Waals surface area contributed by atoms with E-state index >= 15 is 0 Å². The van der Waals surface area contributed by atoms with Crippen molar-refractivity contribution in [3.05, 3.63) is 77.1 Å². The molecule has 2 rings (SSSR count). The maximum absolute atomic E-state index is 12.8. The number of unbranched alkanes of at least 4 members (excludes halogenated alkanes) is 2. The molecule has 2 heteroatoms. The fourth-order valence-corrected chi connectivity index (χ4v) is 2.26. The molecular weight excluding hydrogens is 275 g/mol. The number of benzene rings is 2. The van der Waals surface area contributed by atoms with Gasteiger partial charge in [0.2, 0.25) is 0 Å². The van der Waals surface area contributed by atoms with E-state index in [2.05, 4.69) is 19.1 Å². The zero-order valence-electron chi connectivity index (χ0n) is 12.9. The van der Waals surface area contributed by atoms with E-state index in [1.807, 2.05) is 12.1 Å². The fraction of sp³-hybridized carbons (Fsp3) is 0.250. The smallest absolute Gasteiger partial charge is 0.185 e. The first kappa shape index (κ1) is 16.2. The molecule has 0 aliphatic carbocycles. The van der Waals surface area contributed by atoms with Crippen LogP contribution in [0.25, 0.3) is 6.08 Å². The highest BCUT2D eigenvalue weighted by molar-refractivity contribution is 6.06. The number of allylic oxidation sites excluding steroid dienone is 1. The van der Waals surface area contributed by atoms with Crippen molar-refractivity contribution in [2.45, 2.75) is 32.6 Å². The zero-order valence-corrected chi connectivity index (χ0v) is 12.9. The van der Waals surface area contributed by atoms with Gasteiger partial charge in [-0.2, -0.15) is 0 Å². The largest absolute Gasteiger partial charge is 0.289 e. The third-order valence-electron chi connectivity index (χ3n) is 3.60. The van der Waals surface area contributed by atoms with Crippen LogP contribution in [0.4, 0.5) is 4.39 Å². The third-order valence-corrected chi connectivity index (χ3v) is 3.60.